The molecule has 2 aromatic rings. The molecular formula is C23H29N3O2. The molecule has 2 heterocycles. The third-order valence-corrected chi connectivity index (χ3v) is 5.55. The van der Waals surface area contributed by atoms with Gasteiger partial charge in [0.1, 0.15) is 0 Å². The van der Waals surface area contributed by atoms with Gasteiger partial charge in [-0.05, 0) is 44.0 Å². The topological polar surface area (TPSA) is 44.8 Å². The number of rotatable bonds is 4. The van der Waals surface area contributed by atoms with Crippen LogP contribution in [0, 0.1) is 0 Å². The lowest BCUT2D eigenvalue weighted by atomic mass is 10.0. The number of carbonyl (C=O) groups is 1. The molecule has 2 aliphatic heterocycles. The molecule has 0 spiro atoms. The normalized spacial score (nSPS) is 20.7. The molecule has 0 radical (unpaired) electrons. The van der Waals surface area contributed by atoms with E-state index >= 15 is 0 Å². The molecule has 0 unspecified atom stereocenters. The van der Waals surface area contributed by atoms with Crippen molar-refractivity contribution < 1.29 is 9.53 Å². The summed E-state index contributed by atoms with van der Waals surface area (Å²) in [7, 11) is 0. The SMILES string of the molecule is O=C(Nc1ccccc1-c1ccccc1)N1CCCO[C@@H](CN2CCCC2)C1. The Bertz CT molecular complexity index is 774. The monoisotopic (exact) mass is 379 g/mol. The lowest BCUT2D eigenvalue weighted by Crippen LogP contribution is -2.43. The molecule has 1 atom stereocenters. The molecule has 4 rings (SSSR count). The highest BCUT2D eigenvalue weighted by atomic mass is 16.5. The minimum Gasteiger partial charge on any atom is -0.375 e. The first-order valence-electron chi connectivity index (χ1n) is 10.3. The zero-order valence-electron chi connectivity index (χ0n) is 16.3. The van der Waals surface area contributed by atoms with Crippen LogP contribution in [0.4, 0.5) is 10.5 Å². The van der Waals surface area contributed by atoms with Crippen LogP contribution < -0.4 is 5.32 Å². The zero-order chi connectivity index (χ0) is 19.2. The number of amides is 2. The second-order valence-corrected chi connectivity index (χ2v) is 7.64. The van der Waals surface area contributed by atoms with E-state index < -0.39 is 0 Å². The van der Waals surface area contributed by atoms with Crippen LogP contribution >= 0.6 is 0 Å². The highest BCUT2D eigenvalue weighted by molar-refractivity contribution is 5.94. The Hall–Kier alpha value is -2.37. The van der Waals surface area contributed by atoms with E-state index in [1.807, 2.05) is 47.4 Å². The molecular weight excluding hydrogens is 350 g/mol. The van der Waals surface area contributed by atoms with E-state index in [0.717, 1.165) is 56.0 Å². The molecule has 2 amide bonds. The summed E-state index contributed by atoms with van der Waals surface area (Å²) in [6, 6.07) is 18.1. The predicted octanol–water partition coefficient (Wildman–Crippen LogP) is 4.07. The molecule has 0 bridgehead atoms. The molecule has 5 heteroatoms. The molecule has 2 fully saturated rings. The van der Waals surface area contributed by atoms with Gasteiger partial charge in [-0.3, -0.25) is 0 Å². The molecule has 2 aromatic carbocycles. The van der Waals surface area contributed by atoms with Crippen LogP contribution in [-0.4, -0.2) is 61.3 Å². The van der Waals surface area contributed by atoms with Crippen LogP contribution in [0.25, 0.3) is 11.1 Å². The van der Waals surface area contributed by atoms with E-state index in [9.17, 15) is 4.79 Å². The smallest absolute Gasteiger partial charge is 0.321 e. The van der Waals surface area contributed by atoms with Crippen molar-refractivity contribution in [2.45, 2.75) is 25.4 Å². The van der Waals surface area contributed by atoms with Crippen molar-refractivity contribution in [1.29, 1.82) is 0 Å². The summed E-state index contributed by atoms with van der Waals surface area (Å²) in [5.74, 6) is 0. The molecule has 2 aliphatic rings. The Morgan fingerprint density at radius 2 is 1.71 bits per heavy atom. The Balaban J connectivity index is 1.44. The van der Waals surface area contributed by atoms with Crippen molar-refractivity contribution in [1.82, 2.24) is 9.80 Å². The van der Waals surface area contributed by atoms with Gasteiger partial charge in [-0.2, -0.15) is 0 Å². The number of carbonyl (C=O) groups excluding carboxylic acids is 1. The zero-order valence-corrected chi connectivity index (χ0v) is 16.3. The summed E-state index contributed by atoms with van der Waals surface area (Å²) in [4.78, 5) is 17.4. The lowest BCUT2D eigenvalue weighted by Gasteiger charge is -2.27. The maximum Gasteiger partial charge on any atom is 0.321 e. The molecule has 148 valence electrons. The van der Waals surface area contributed by atoms with Crippen LogP contribution in [0.3, 0.4) is 0 Å². The highest BCUT2D eigenvalue weighted by Gasteiger charge is 2.25. The highest BCUT2D eigenvalue weighted by Crippen LogP contribution is 2.28. The minimum atomic E-state index is -0.0414. The van der Waals surface area contributed by atoms with Crippen LogP contribution in [0.5, 0.6) is 0 Å². The van der Waals surface area contributed by atoms with Gasteiger partial charge in [0, 0.05) is 31.8 Å². The van der Waals surface area contributed by atoms with Crippen LogP contribution in [0.2, 0.25) is 0 Å². The molecule has 0 aliphatic carbocycles. The Morgan fingerprint density at radius 3 is 2.54 bits per heavy atom. The third-order valence-electron chi connectivity index (χ3n) is 5.55. The molecule has 28 heavy (non-hydrogen) atoms. The van der Waals surface area contributed by atoms with Gasteiger partial charge in [0.05, 0.1) is 11.8 Å². The van der Waals surface area contributed by atoms with E-state index in [0.29, 0.717) is 6.54 Å². The average Bonchev–Trinajstić information content (AvgIpc) is 3.12. The Morgan fingerprint density at radius 1 is 0.964 bits per heavy atom. The Labute approximate surface area is 167 Å². The maximum absolute atomic E-state index is 13.0. The van der Waals surface area contributed by atoms with Gasteiger partial charge in [-0.15, -0.1) is 0 Å². The first-order chi connectivity index (χ1) is 13.8. The van der Waals surface area contributed by atoms with Crippen LogP contribution in [-0.2, 0) is 4.74 Å². The number of nitrogens with zero attached hydrogens (tertiary/aromatic N) is 2. The van der Waals surface area contributed by atoms with Crippen molar-refractivity contribution in [2.24, 2.45) is 0 Å². The number of hydrogen-bond acceptors (Lipinski definition) is 3. The quantitative estimate of drug-likeness (QED) is 0.871. The number of urea groups is 1. The van der Waals surface area contributed by atoms with Crippen LogP contribution in [0.1, 0.15) is 19.3 Å². The second-order valence-electron chi connectivity index (χ2n) is 7.64. The van der Waals surface area contributed by atoms with Gasteiger partial charge in [0.15, 0.2) is 0 Å². The molecule has 1 N–H and O–H groups in total. The van der Waals surface area contributed by atoms with Gasteiger partial charge < -0.3 is 19.9 Å². The second kappa shape index (κ2) is 9.22. The average molecular weight is 380 g/mol. The number of hydrogen-bond donors (Lipinski definition) is 1. The number of nitrogens with one attached hydrogen (secondary N) is 1. The van der Waals surface area contributed by atoms with Crippen molar-refractivity contribution >= 4 is 11.7 Å². The van der Waals surface area contributed by atoms with E-state index in [4.69, 9.17) is 4.74 Å². The standard InChI is InChI=1S/C23H29N3O2/c27-23(24-22-12-5-4-11-21(22)19-9-2-1-3-10-19)26-15-8-16-28-20(18-26)17-25-13-6-7-14-25/h1-5,9-12,20H,6-8,13-18H2,(H,24,27)/t20-/m0/s1. The minimum absolute atomic E-state index is 0.0414. The van der Waals surface area contributed by atoms with E-state index in [-0.39, 0.29) is 12.1 Å². The summed E-state index contributed by atoms with van der Waals surface area (Å²) in [5.41, 5.74) is 2.99. The number of likely N-dealkylation sites (tertiary alicyclic amines) is 1. The first-order valence-corrected chi connectivity index (χ1v) is 10.3. The lowest BCUT2D eigenvalue weighted by molar-refractivity contribution is 0.0355. The maximum atomic E-state index is 13.0. The number of benzene rings is 2. The fraction of sp³-hybridized carbons (Fsp3) is 0.435. The summed E-state index contributed by atoms with van der Waals surface area (Å²) < 4.78 is 6.03. The molecule has 0 saturated carbocycles. The van der Waals surface area contributed by atoms with E-state index in [1.165, 1.54) is 12.8 Å². The number of anilines is 1. The van der Waals surface area contributed by atoms with E-state index in [2.05, 4.69) is 22.3 Å². The van der Waals surface area contributed by atoms with Gasteiger partial charge in [-0.1, -0.05) is 48.5 Å². The third kappa shape index (κ3) is 4.72. The van der Waals surface area contributed by atoms with Gasteiger partial charge in [0.2, 0.25) is 0 Å². The van der Waals surface area contributed by atoms with Crippen molar-refractivity contribution in [3.63, 3.8) is 0 Å². The van der Waals surface area contributed by atoms with Crippen molar-refractivity contribution in [3.05, 3.63) is 54.6 Å². The summed E-state index contributed by atoms with van der Waals surface area (Å²) >= 11 is 0. The van der Waals surface area contributed by atoms with Gasteiger partial charge in [-0.25, -0.2) is 4.79 Å². The van der Waals surface area contributed by atoms with E-state index in [1.54, 1.807) is 0 Å². The van der Waals surface area contributed by atoms with Gasteiger partial charge in [0.25, 0.3) is 0 Å². The fourth-order valence-corrected chi connectivity index (χ4v) is 4.10. The molecule has 2 saturated heterocycles. The summed E-state index contributed by atoms with van der Waals surface area (Å²) in [6.45, 7) is 5.33. The van der Waals surface area contributed by atoms with Crippen LogP contribution in [0.15, 0.2) is 54.6 Å². The predicted molar refractivity (Wildman–Crippen MR) is 113 cm³/mol. The first kappa shape index (κ1) is 19.0. The largest absolute Gasteiger partial charge is 0.375 e. The summed E-state index contributed by atoms with van der Waals surface area (Å²) in [5, 5.41) is 3.14. The molecule has 5 nitrogen and oxygen atoms in total. The number of ether oxygens (including phenoxy) is 1. The van der Waals surface area contributed by atoms with Gasteiger partial charge >= 0.3 is 6.03 Å². The van der Waals surface area contributed by atoms with Crippen molar-refractivity contribution in [3.8, 4) is 11.1 Å². The molecule has 0 aromatic heterocycles. The fourth-order valence-electron chi connectivity index (χ4n) is 4.10. The Kier molecular flexibility index (Phi) is 6.24. The van der Waals surface area contributed by atoms with Crippen molar-refractivity contribution in [2.75, 3.05) is 44.6 Å². The number of para-hydroxylation sites is 1. The summed E-state index contributed by atoms with van der Waals surface area (Å²) in [6.07, 6.45) is 3.51.